The van der Waals surface area contributed by atoms with Crippen molar-refractivity contribution in [1.29, 1.82) is 0 Å². The van der Waals surface area contributed by atoms with Gasteiger partial charge in [-0.25, -0.2) is 4.39 Å². The average Bonchev–Trinajstić information content (AvgIpc) is 2.85. The first kappa shape index (κ1) is 24.4. The molecule has 1 saturated carbocycles. The maximum Gasteiger partial charge on any atom is 0.183 e. The van der Waals surface area contributed by atoms with Crippen LogP contribution in [0.2, 0.25) is 0 Å². The fourth-order valence-corrected chi connectivity index (χ4v) is 5.62. The minimum Gasteiger partial charge on any atom is -0.348 e. The summed E-state index contributed by atoms with van der Waals surface area (Å²) in [6.07, 6.45) is 12.3. The maximum atomic E-state index is 15.0. The van der Waals surface area contributed by atoms with Gasteiger partial charge >= 0.3 is 0 Å². The number of unbranched alkanes of at least 4 members (excludes halogenated alkanes) is 2. The van der Waals surface area contributed by atoms with Crippen molar-refractivity contribution in [3.8, 4) is 11.1 Å². The zero-order valence-electron chi connectivity index (χ0n) is 20.5. The Morgan fingerprint density at radius 3 is 2.09 bits per heavy atom. The summed E-state index contributed by atoms with van der Waals surface area (Å²) in [4.78, 5) is 0. The molecule has 33 heavy (non-hydrogen) atoms. The first-order valence-corrected chi connectivity index (χ1v) is 13.3. The minimum atomic E-state index is -0.457. The molecule has 1 aliphatic carbocycles. The SMILES string of the molecule is CCCCCC1COC(c2ccc(-c3ccc(C4CCC(CCC)CC4)cc3)c(F)c2)OC1. The molecular weight excluding hydrogens is 411 g/mol. The highest BCUT2D eigenvalue weighted by Crippen LogP contribution is 2.38. The van der Waals surface area contributed by atoms with Gasteiger partial charge in [-0.1, -0.05) is 82.3 Å². The maximum absolute atomic E-state index is 15.0. The molecule has 2 aromatic rings. The molecule has 0 aromatic heterocycles. The van der Waals surface area contributed by atoms with Gasteiger partial charge in [0.2, 0.25) is 0 Å². The summed E-state index contributed by atoms with van der Waals surface area (Å²) in [6.45, 7) is 5.89. The van der Waals surface area contributed by atoms with E-state index in [-0.39, 0.29) is 5.82 Å². The van der Waals surface area contributed by atoms with E-state index in [1.54, 1.807) is 6.07 Å². The highest BCUT2D eigenvalue weighted by molar-refractivity contribution is 5.65. The third-order valence-electron chi connectivity index (χ3n) is 7.68. The van der Waals surface area contributed by atoms with Crippen molar-refractivity contribution in [3.63, 3.8) is 0 Å². The third-order valence-corrected chi connectivity index (χ3v) is 7.68. The molecule has 2 nitrogen and oxygen atoms in total. The Morgan fingerprint density at radius 1 is 0.758 bits per heavy atom. The van der Waals surface area contributed by atoms with Crippen molar-refractivity contribution in [2.45, 2.75) is 90.3 Å². The molecule has 0 amide bonds. The lowest BCUT2D eigenvalue weighted by molar-refractivity contribution is -0.206. The van der Waals surface area contributed by atoms with Crippen LogP contribution >= 0.6 is 0 Å². The van der Waals surface area contributed by atoms with E-state index in [2.05, 4.69) is 38.1 Å². The van der Waals surface area contributed by atoms with Gasteiger partial charge in [-0.3, -0.25) is 0 Å². The molecule has 180 valence electrons. The number of hydrogen-bond donors (Lipinski definition) is 0. The topological polar surface area (TPSA) is 18.5 Å². The van der Waals surface area contributed by atoms with Gasteiger partial charge in [0.25, 0.3) is 0 Å². The summed E-state index contributed by atoms with van der Waals surface area (Å²) in [5.74, 6) is 1.82. The molecule has 2 aliphatic rings. The highest BCUT2D eigenvalue weighted by atomic mass is 19.1. The van der Waals surface area contributed by atoms with E-state index in [9.17, 15) is 0 Å². The number of benzene rings is 2. The second kappa shape index (κ2) is 12.1. The molecular formula is C30H41FO2. The first-order chi connectivity index (χ1) is 16.2. The van der Waals surface area contributed by atoms with E-state index in [1.807, 2.05) is 12.1 Å². The Bertz CT molecular complexity index is 846. The van der Waals surface area contributed by atoms with E-state index >= 15 is 4.39 Å². The molecule has 0 N–H and O–H groups in total. The predicted molar refractivity (Wildman–Crippen MR) is 134 cm³/mol. The van der Waals surface area contributed by atoms with Gasteiger partial charge in [-0.15, -0.1) is 0 Å². The highest BCUT2D eigenvalue weighted by Gasteiger charge is 2.25. The molecule has 0 spiro atoms. The molecule has 0 atom stereocenters. The van der Waals surface area contributed by atoms with E-state index < -0.39 is 6.29 Å². The lowest BCUT2D eigenvalue weighted by Crippen LogP contribution is -2.27. The third kappa shape index (κ3) is 6.45. The Hall–Kier alpha value is -1.71. The van der Waals surface area contributed by atoms with Crippen molar-refractivity contribution in [2.24, 2.45) is 11.8 Å². The fraction of sp³-hybridized carbons (Fsp3) is 0.600. The molecule has 2 aromatic carbocycles. The number of ether oxygens (including phenoxy) is 2. The van der Waals surface area contributed by atoms with Crippen LogP contribution in [0.25, 0.3) is 11.1 Å². The van der Waals surface area contributed by atoms with Crippen LogP contribution in [0.3, 0.4) is 0 Å². The molecule has 2 fully saturated rings. The Labute approximate surface area is 199 Å². The van der Waals surface area contributed by atoms with E-state index in [4.69, 9.17) is 9.47 Å². The van der Waals surface area contributed by atoms with Gasteiger partial charge in [0, 0.05) is 17.0 Å². The van der Waals surface area contributed by atoms with E-state index in [1.165, 1.54) is 63.4 Å². The molecule has 0 unspecified atom stereocenters. The van der Waals surface area contributed by atoms with Crippen LogP contribution in [-0.4, -0.2) is 13.2 Å². The Morgan fingerprint density at radius 2 is 1.45 bits per heavy atom. The van der Waals surface area contributed by atoms with Gasteiger partial charge < -0.3 is 9.47 Å². The summed E-state index contributed by atoms with van der Waals surface area (Å²) >= 11 is 0. The summed E-state index contributed by atoms with van der Waals surface area (Å²) in [7, 11) is 0. The molecule has 1 heterocycles. The van der Waals surface area contributed by atoms with Crippen molar-refractivity contribution in [3.05, 3.63) is 59.4 Å². The normalized spacial score (nSPS) is 25.8. The zero-order chi connectivity index (χ0) is 23.0. The monoisotopic (exact) mass is 452 g/mol. The van der Waals surface area contributed by atoms with Crippen molar-refractivity contribution in [1.82, 2.24) is 0 Å². The summed E-state index contributed by atoms with van der Waals surface area (Å²) in [6, 6.07) is 14.0. The Balaban J connectivity index is 1.34. The van der Waals surface area contributed by atoms with Crippen LogP contribution in [0.15, 0.2) is 42.5 Å². The van der Waals surface area contributed by atoms with Gasteiger partial charge in [-0.2, -0.15) is 0 Å². The smallest absolute Gasteiger partial charge is 0.183 e. The molecule has 3 heteroatoms. The summed E-state index contributed by atoms with van der Waals surface area (Å²) in [5, 5.41) is 0. The van der Waals surface area contributed by atoms with Gasteiger partial charge in [-0.05, 0) is 61.1 Å². The second-order valence-electron chi connectivity index (χ2n) is 10.2. The summed E-state index contributed by atoms with van der Waals surface area (Å²) < 4.78 is 26.9. The van der Waals surface area contributed by atoms with Crippen molar-refractivity contribution < 1.29 is 13.9 Å². The molecule has 1 saturated heterocycles. The van der Waals surface area contributed by atoms with Crippen LogP contribution in [0.4, 0.5) is 4.39 Å². The van der Waals surface area contributed by atoms with Crippen LogP contribution in [0, 0.1) is 17.7 Å². The second-order valence-corrected chi connectivity index (χ2v) is 10.2. The zero-order valence-corrected chi connectivity index (χ0v) is 20.5. The lowest BCUT2D eigenvalue weighted by atomic mass is 9.77. The van der Waals surface area contributed by atoms with Crippen LogP contribution in [0.5, 0.6) is 0 Å². The number of hydrogen-bond acceptors (Lipinski definition) is 2. The standard InChI is InChI=1S/C30H41FO2/c1-3-5-6-8-23-20-32-30(33-21-23)27-17-18-28(29(31)19-27)26-15-13-25(14-16-26)24-11-9-22(7-4-2)10-12-24/h13-19,22-24,30H,3-12,20-21H2,1-2H3. The molecule has 0 radical (unpaired) electrons. The van der Waals surface area contributed by atoms with Crippen molar-refractivity contribution in [2.75, 3.05) is 13.2 Å². The largest absolute Gasteiger partial charge is 0.348 e. The minimum absolute atomic E-state index is 0.211. The van der Waals surface area contributed by atoms with Gasteiger partial charge in [0.1, 0.15) is 5.82 Å². The summed E-state index contributed by atoms with van der Waals surface area (Å²) in [5.41, 5.74) is 3.75. The molecule has 4 rings (SSSR count). The fourth-order valence-electron chi connectivity index (χ4n) is 5.62. The van der Waals surface area contributed by atoms with E-state index in [0.29, 0.717) is 30.6 Å². The number of rotatable bonds is 9. The van der Waals surface area contributed by atoms with Crippen LogP contribution in [0.1, 0.15) is 101 Å². The predicted octanol–water partition coefficient (Wildman–Crippen LogP) is 8.81. The molecule has 1 aliphatic heterocycles. The van der Waals surface area contributed by atoms with E-state index in [0.717, 1.165) is 23.5 Å². The van der Waals surface area contributed by atoms with Crippen molar-refractivity contribution >= 4 is 0 Å². The lowest BCUT2D eigenvalue weighted by Gasteiger charge is -2.30. The van der Waals surface area contributed by atoms with Crippen LogP contribution in [-0.2, 0) is 9.47 Å². The van der Waals surface area contributed by atoms with Gasteiger partial charge in [0.15, 0.2) is 6.29 Å². The first-order valence-electron chi connectivity index (χ1n) is 13.3. The van der Waals surface area contributed by atoms with Gasteiger partial charge in [0.05, 0.1) is 13.2 Å². The average molecular weight is 453 g/mol. The Kier molecular flexibility index (Phi) is 8.97. The molecule has 0 bridgehead atoms. The quantitative estimate of drug-likeness (QED) is 0.354. The van der Waals surface area contributed by atoms with Crippen LogP contribution < -0.4 is 0 Å². The number of halogens is 1.